The number of hydrogen-bond acceptors (Lipinski definition) is 2. The summed E-state index contributed by atoms with van der Waals surface area (Å²) < 4.78 is 11.5. The molecular weight excluding hydrogens is 216 g/mol. The molecule has 0 N–H and O–H groups in total. The van der Waals surface area contributed by atoms with Gasteiger partial charge in [-0.1, -0.05) is 30.3 Å². The normalized spacial score (nSPS) is 13.8. The SMILES string of the molecule is C[C@@H](COCc1ccccc1)O[Si](C)(C)C. The molecule has 1 aromatic carbocycles. The van der Waals surface area contributed by atoms with Crippen LogP contribution >= 0.6 is 0 Å². The van der Waals surface area contributed by atoms with E-state index in [1.54, 1.807) is 0 Å². The standard InChI is InChI=1S/C13H22O2Si/c1-12(15-16(2,3)4)10-14-11-13-8-6-5-7-9-13/h5-9,12H,10-11H2,1-4H3/t12-/m0/s1. The van der Waals surface area contributed by atoms with Gasteiger partial charge in [0.25, 0.3) is 0 Å². The van der Waals surface area contributed by atoms with Crippen molar-refractivity contribution in [3.05, 3.63) is 35.9 Å². The third-order valence-electron chi connectivity index (χ3n) is 2.02. The molecule has 0 saturated heterocycles. The van der Waals surface area contributed by atoms with E-state index in [0.717, 1.165) is 0 Å². The van der Waals surface area contributed by atoms with Crippen molar-refractivity contribution in [1.29, 1.82) is 0 Å². The summed E-state index contributed by atoms with van der Waals surface area (Å²) >= 11 is 0. The van der Waals surface area contributed by atoms with Crippen molar-refractivity contribution in [2.45, 2.75) is 39.3 Å². The van der Waals surface area contributed by atoms with Gasteiger partial charge >= 0.3 is 0 Å². The van der Waals surface area contributed by atoms with Crippen LogP contribution in [0.15, 0.2) is 30.3 Å². The number of ether oxygens (including phenoxy) is 1. The quantitative estimate of drug-likeness (QED) is 0.707. The molecule has 0 bridgehead atoms. The summed E-state index contributed by atoms with van der Waals surface area (Å²) in [6.07, 6.45) is 0.190. The Kier molecular flexibility index (Phi) is 5.18. The lowest BCUT2D eigenvalue weighted by Gasteiger charge is -2.23. The Hall–Kier alpha value is -0.643. The zero-order chi connectivity index (χ0) is 12.0. The molecular formula is C13H22O2Si. The summed E-state index contributed by atoms with van der Waals surface area (Å²) in [5.74, 6) is 0. The molecule has 0 heterocycles. The van der Waals surface area contributed by atoms with Crippen LogP contribution in [0, 0.1) is 0 Å². The molecule has 0 amide bonds. The van der Waals surface area contributed by atoms with E-state index in [4.69, 9.17) is 9.16 Å². The maximum absolute atomic E-state index is 5.89. The molecule has 0 aliphatic rings. The van der Waals surface area contributed by atoms with E-state index in [-0.39, 0.29) is 6.10 Å². The zero-order valence-electron chi connectivity index (χ0n) is 10.7. The topological polar surface area (TPSA) is 18.5 Å². The van der Waals surface area contributed by atoms with E-state index < -0.39 is 8.32 Å². The van der Waals surface area contributed by atoms with Gasteiger partial charge in [-0.3, -0.25) is 0 Å². The molecule has 2 nitrogen and oxygen atoms in total. The van der Waals surface area contributed by atoms with E-state index >= 15 is 0 Å². The smallest absolute Gasteiger partial charge is 0.184 e. The summed E-state index contributed by atoms with van der Waals surface area (Å²) in [7, 11) is -1.43. The van der Waals surface area contributed by atoms with E-state index in [1.165, 1.54) is 5.56 Å². The predicted octanol–water partition coefficient (Wildman–Crippen LogP) is 3.44. The Morgan fingerprint density at radius 3 is 2.31 bits per heavy atom. The van der Waals surface area contributed by atoms with Crippen molar-refractivity contribution < 1.29 is 9.16 Å². The maximum atomic E-state index is 5.89. The molecule has 1 aromatic rings. The van der Waals surface area contributed by atoms with Crippen molar-refractivity contribution in [3.63, 3.8) is 0 Å². The first-order valence-corrected chi connectivity index (χ1v) is 9.18. The lowest BCUT2D eigenvalue weighted by molar-refractivity contribution is 0.0460. The van der Waals surface area contributed by atoms with Gasteiger partial charge in [-0.15, -0.1) is 0 Å². The van der Waals surface area contributed by atoms with Gasteiger partial charge in [0, 0.05) is 0 Å². The highest BCUT2D eigenvalue weighted by Gasteiger charge is 2.17. The number of benzene rings is 1. The van der Waals surface area contributed by atoms with Crippen molar-refractivity contribution in [2.75, 3.05) is 6.61 Å². The molecule has 1 rings (SSSR count). The summed E-state index contributed by atoms with van der Waals surface area (Å²) in [5.41, 5.74) is 1.21. The van der Waals surface area contributed by atoms with Crippen LogP contribution in [0.25, 0.3) is 0 Å². The van der Waals surface area contributed by atoms with Gasteiger partial charge in [0.1, 0.15) is 0 Å². The molecule has 16 heavy (non-hydrogen) atoms. The Morgan fingerprint density at radius 2 is 1.75 bits per heavy atom. The molecule has 0 unspecified atom stereocenters. The summed E-state index contributed by atoms with van der Waals surface area (Å²) in [6.45, 7) is 9.99. The van der Waals surface area contributed by atoms with Crippen LogP contribution in [-0.2, 0) is 15.8 Å². The minimum absolute atomic E-state index is 0.190. The minimum atomic E-state index is -1.43. The lowest BCUT2D eigenvalue weighted by Crippen LogP contribution is -2.32. The van der Waals surface area contributed by atoms with Gasteiger partial charge in [-0.2, -0.15) is 0 Å². The highest BCUT2D eigenvalue weighted by Crippen LogP contribution is 2.08. The van der Waals surface area contributed by atoms with Crippen molar-refractivity contribution in [1.82, 2.24) is 0 Å². The van der Waals surface area contributed by atoms with E-state index in [1.807, 2.05) is 18.2 Å². The highest BCUT2D eigenvalue weighted by atomic mass is 28.4. The molecule has 0 aliphatic heterocycles. The first-order valence-electron chi connectivity index (χ1n) is 5.77. The van der Waals surface area contributed by atoms with Crippen LogP contribution in [-0.4, -0.2) is 21.0 Å². The van der Waals surface area contributed by atoms with Crippen LogP contribution in [0.1, 0.15) is 12.5 Å². The lowest BCUT2D eigenvalue weighted by atomic mass is 10.2. The van der Waals surface area contributed by atoms with Gasteiger partial charge in [0.05, 0.1) is 19.3 Å². The zero-order valence-corrected chi connectivity index (χ0v) is 11.7. The van der Waals surface area contributed by atoms with Crippen LogP contribution < -0.4 is 0 Å². The summed E-state index contributed by atoms with van der Waals surface area (Å²) in [4.78, 5) is 0. The predicted molar refractivity (Wildman–Crippen MR) is 70.0 cm³/mol. The Labute approximate surface area is 99.7 Å². The molecule has 0 radical (unpaired) electrons. The van der Waals surface area contributed by atoms with Gasteiger partial charge < -0.3 is 9.16 Å². The fraction of sp³-hybridized carbons (Fsp3) is 0.538. The average Bonchev–Trinajstić information content (AvgIpc) is 2.16. The fourth-order valence-corrected chi connectivity index (χ4v) is 2.83. The second-order valence-electron chi connectivity index (χ2n) is 5.04. The van der Waals surface area contributed by atoms with Crippen LogP contribution in [0.3, 0.4) is 0 Å². The molecule has 0 fully saturated rings. The monoisotopic (exact) mass is 238 g/mol. The van der Waals surface area contributed by atoms with E-state index in [2.05, 4.69) is 38.7 Å². The van der Waals surface area contributed by atoms with Gasteiger partial charge in [-0.05, 0) is 32.1 Å². The average molecular weight is 238 g/mol. The Bertz CT molecular complexity index is 293. The minimum Gasteiger partial charge on any atom is -0.413 e. The number of hydrogen-bond donors (Lipinski definition) is 0. The largest absolute Gasteiger partial charge is 0.413 e. The maximum Gasteiger partial charge on any atom is 0.184 e. The summed E-state index contributed by atoms with van der Waals surface area (Å²) in [6, 6.07) is 10.2. The molecule has 1 atom stereocenters. The van der Waals surface area contributed by atoms with Gasteiger partial charge in [-0.25, -0.2) is 0 Å². The van der Waals surface area contributed by atoms with Crippen LogP contribution in [0.5, 0.6) is 0 Å². The Morgan fingerprint density at radius 1 is 1.12 bits per heavy atom. The molecule has 0 spiro atoms. The molecule has 0 saturated carbocycles. The Balaban J connectivity index is 2.21. The first kappa shape index (κ1) is 13.4. The fourth-order valence-electron chi connectivity index (χ4n) is 1.55. The van der Waals surface area contributed by atoms with Crippen LogP contribution in [0.2, 0.25) is 19.6 Å². The molecule has 0 aromatic heterocycles. The van der Waals surface area contributed by atoms with E-state index in [9.17, 15) is 0 Å². The second kappa shape index (κ2) is 6.18. The third kappa shape index (κ3) is 6.05. The van der Waals surface area contributed by atoms with Crippen LogP contribution in [0.4, 0.5) is 0 Å². The molecule has 90 valence electrons. The van der Waals surface area contributed by atoms with Gasteiger partial charge in [0.15, 0.2) is 8.32 Å². The second-order valence-corrected chi connectivity index (χ2v) is 9.50. The van der Waals surface area contributed by atoms with Crippen molar-refractivity contribution in [3.8, 4) is 0 Å². The molecule has 3 heteroatoms. The highest BCUT2D eigenvalue weighted by molar-refractivity contribution is 6.69. The van der Waals surface area contributed by atoms with E-state index in [0.29, 0.717) is 13.2 Å². The third-order valence-corrected chi connectivity index (χ3v) is 3.13. The first-order chi connectivity index (χ1) is 7.47. The van der Waals surface area contributed by atoms with Crippen molar-refractivity contribution in [2.24, 2.45) is 0 Å². The van der Waals surface area contributed by atoms with Gasteiger partial charge in [0.2, 0.25) is 0 Å². The molecule has 0 aliphatic carbocycles. The van der Waals surface area contributed by atoms with Crippen molar-refractivity contribution >= 4 is 8.32 Å². The number of rotatable bonds is 6. The summed E-state index contributed by atoms with van der Waals surface area (Å²) in [5, 5.41) is 0.